The van der Waals surface area contributed by atoms with Gasteiger partial charge in [-0.25, -0.2) is 17.5 Å². The van der Waals surface area contributed by atoms with E-state index in [9.17, 15) is 12.8 Å². The summed E-state index contributed by atoms with van der Waals surface area (Å²) < 4.78 is 37.3. The van der Waals surface area contributed by atoms with Crippen LogP contribution in [0.15, 0.2) is 29.3 Å². The van der Waals surface area contributed by atoms with Crippen LogP contribution in [-0.2, 0) is 16.6 Å². The van der Waals surface area contributed by atoms with Crippen molar-refractivity contribution in [3.63, 3.8) is 0 Å². The van der Waals surface area contributed by atoms with E-state index in [1.165, 1.54) is 12.1 Å². The quantitative estimate of drug-likeness (QED) is 0.262. The molecule has 0 aliphatic carbocycles. The first-order valence-electron chi connectivity index (χ1n) is 7.50. The lowest BCUT2D eigenvalue weighted by atomic mass is 10.2. The molecule has 0 bridgehead atoms. The van der Waals surface area contributed by atoms with E-state index in [0.717, 1.165) is 24.3 Å². The molecule has 138 valence electrons. The van der Waals surface area contributed by atoms with Gasteiger partial charge in [0, 0.05) is 33.2 Å². The fourth-order valence-corrected chi connectivity index (χ4v) is 2.44. The molecule has 1 aromatic rings. The van der Waals surface area contributed by atoms with Crippen LogP contribution in [-0.4, -0.2) is 52.2 Å². The minimum atomic E-state index is -3.15. The molecular formula is C15H26FIN4O2S. The Balaban J connectivity index is 0.00000529. The molecule has 0 atom stereocenters. The molecule has 0 aromatic heterocycles. The van der Waals surface area contributed by atoms with Gasteiger partial charge in [-0.3, -0.25) is 4.99 Å². The first-order valence-corrected chi connectivity index (χ1v) is 9.39. The monoisotopic (exact) mass is 472 g/mol. The number of rotatable bonds is 8. The van der Waals surface area contributed by atoms with Gasteiger partial charge in [0.05, 0.1) is 6.26 Å². The van der Waals surface area contributed by atoms with Gasteiger partial charge in [0.2, 0.25) is 10.0 Å². The van der Waals surface area contributed by atoms with Gasteiger partial charge in [0.1, 0.15) is 5.82 Å². The average molecular weight is 472 g/mol. The summed E-state index contributed by atoms with van der Waals surface area (Å²) in [6.45, 7) is 4.19. The van der Waals surface area contributed by atoms with Gasteiger partial charge in [-0.1, -0.05) is 12.1 Å². The molecule has 24 heavy (non-hydrogen) atoms. The molecule has 0 aliphatic heterocycles. The van der Waals surface area contributed by atoms with Gasteiger partial charge >= 0.3 is 0 Å². The highest BCUT2D eigenvalue weighted by Crippen LogP contribution is 2.05. The Morgan fingerprint density at radius 2 is 1.92 bits per heavy atom. The fraction of sp³-hybridized carbons (Fsp3) is 0.533. The minimum absolute atomic E-state index is 0. The molecule has 0 saturated carbocycles. The maximum atomic E-state index is 12.9. The summed E-state index contributed by atoms with van der Waals surface area (Å²) in [6, 6.07) is 6.35. The molecule has 0 spiro atoms. The third kappa shape index (κ3) is 10.0. The maximum Gasteiger partial charge on any atom is 0.208 e. The van der Waals surface area contributed by atoms with Crippen LogP contribution in [0, 0.1) is 5.82 Å². The highest BCUT2D eigenvalue weighted by molar-refractivity contribution is 14.0. The number of halogens is 2. The van der Waals surface area contributed by atoms with E-state index in [4.69, 9.17) is 0 Å². The maximum absolute atomic E-state index is 12.9. The second kappa shape index (κ2) is 11.6. The Hall–Kier alpha value is -0.940. The van der Waals surface area contributed by atoms with Gasteiger partial charge < -0.3 is 10.2 Å². The van der Waals surface area contributed by atoms with E-state index < -0.39 is 10.0 Å². The Morgan fingerprint density at radius 1 is 1.29 bits per heavy atom. The lowest BCUT2D eigenvalue weighted by Crippen LogP contribution is -2.38. The second-order valence-electron chi connectivity index (χ2n) is 5.24. The molecule has 0 amide bonds. The topological polar surface area (TPSA) is 73.8 Å². The predicted molar refractivity (Wildman–Crippen MR) is 107 cm³/mol. The number of sulfonamides is 1. The number of guanidine groups is 1. The van der Waals surface area contributed by atoms with Crippen molar-refractivity contribution in [1.29, 1.82) is 0 Å². The third-order valence-electron chi connectivity index (χ3n) is 2.99. The molecule has 6 nitrogen and oxygen atoms in total. The van der Waals surface area contributed by atoms with Crippen LogP contribution in [0.3, 0.4) is 0 Å². The largest absolute Gasteiger partial charge is 0.357 e. The van der Waals surface area contributed by atoms with E-state index >= 15 is 0 Å². The van der Waals surface area contributed by atoms with Gasteiger partial charge in [0.15, 0.2) is 5.96 Å². The normalized spacial score (nSPS) is 11.8. The fourth-order valence-electron chi connectivity index (χ4n) is 1.93. The van der Waals surface area contributed by atoms with Crippen LogP contribution in [0.5, 0.6) is 0 Å². The molecule has 0 radical (unpaired) electrons. The van der Waals surface area contributed by atoms with Crippen molar-refractivity contribution in [2.45, 2.75) is 19.9 Å². The Labute approximate surface area is 161 Å². The van der Waals surface area contributed by atoms with Crippen LogP contribution < -0.4 is 10.0 Å². The summed E-state index contributed by atoms with van der Waals surface area (Å²) in [6.07, 6.45) is 1.75. The van der Waals surface area contributed by atoms with E-state index in [2.05, 4.69) is 15.0 Å². The van der Waals surface area contributed by atoms with Gasteiger partial charge in [-0.05, 0) is 31.0 Å². The van der Waals surface area contributed by atoms with Crippen molar-refractivity contribution in [1.82, 2.24) is 14.9 Å². The molecule has 0 heterocycles. The zero-order valence-electron chi connectivity index (χ0n) is 14.3. The summed E-state index contributed by atoms with van der Waals surface area (Å²) in [5.41, 5.74) is 0.984. The Kier molecular flexibility index (Phi) is 11.1. The molecule has 1 rings (SSSR count). The van der Waals surface area contributed by atoms with Crippen LogP contribution in [0.1, 0.15) is 18.9 Å². The van der Waals surface area contributed by atoms with Crippen LogP contribution >= 0.6 is 24.0 Å². The SMILES string of the molecule is CCNC(=NCCCNS(C)(=O)=O)N(C)Cc1ccc(F)cc1.I. The van der Waals surface area contributed by atoms with Crippen molar-refractivity contribution in [3.05, 3.63) is 35.6 Å². The molecule has 0 saturated heterocycles. The molecule has 0 fully saturated rings. The molecule has 0 unspecified atom stereocenters. The van der Waals surface area contributed by atoms with Crippen molar-refractivity contribution in [2.24, 2.45) is 4.99 Å². The molecule has 1 aromatic carbocycles. The number of benzene rings is 1. The highest BCUT2D eigenvalue weighted by Gasteiger charge is 2.06. The molecule has 0 aliphatic rings. The Morgan fingerprint density at radius 3 is 2.46 bits per heavy atom. The summed E-state index contributed by atoms with van der Waals surface area (Å²) >= 11 is 0. The number of nitrogens with zero attached hydrogens (tertiary/aromatic N) is 2. The van der Waals surface area contributed by atoms with E-state index in [1.54, 1.807) is 12.1 Å². The summed E-state index contributed by atoms with van der Waals surface area (Å²) in [5, 5.41) is 3.18. The van der Waals surface area contributed by atoms with Crippen molar-refractivity contribution in [2.75, 3.05) is 32.9 Å². The van der Waals surface area contributed by atoms with Crippen molar-refractivity contribution >= 4 is 40.0 Å². The van der Waals surface area contributed by atoms with Crippen molar-refractivity contribution in [3.8, 4) is 0 Å². The average Bonchev–Trinajstić information content (AvgIpc) is 2.47. The minimum Gasteiger partial charge on any atom is -0.357 e. The molecule has 2 N–H and O–H groups in total. The summed E-state index contributed by atoms with van der Waals surface area (Å²) in [4.78, 5) is 6.41. The number of nitrogens with one attached hydrogen (secondary N) is 2. The standard InChI is InChI=1S/C15H25FN4O2S.HI/c1-4-17-15(18-10-5-11-19-23(3,21)22)20(2)12-13-6-8-14(16)9-7-13;/h6-9,19H,4-5,10-12H2,1-3H3,(H,17,18);1H. The lowest BCUT2D eigenvalue weighted by Gasteiger charge is -2.22. The number of hydrogen-bond donors (Lipinski definition) is 2. The lowest BCUT2D eigenvalue weighted by molar-refractivity contribution is 0.476. The zero-order valence-corrected chi connectivity index (χ0v) is 17.4. The van der Waals surface area contributed by atoms with Gasteiger partial charge in [-0.2, -0.15) is 0 Å². The van der Waals surface area contributed by atoms with E-state index in [0.29, 0.717) is 26.1 Å². The smallest absolute Gasteiger partial charge is 0.208 e. The first-order chi connectivity index (χ1) is 10.8. The second-order valence-corrected chi connectivity index (χ2v) is 7.07. The van der Waals surface area contributed by atoms with Gasteiger partial charge in [-0.15, -0.1) is 24.0 Å². The summed E-state index contributed by atoms with van der Waals surface area (Å²) in [5.74, 6) is 0.478. The van der Waals surface area contributed by atoms with Gasteiger partial charge in [0.25, 0.3) is 0 Å². The highest BCUT2D eigenvalue weighted by atomic mass is 127. The third-order valence-corrected chi connectivity index (χ3v) is 3.72. The zero-order chi connectivity index (χ0) is 17.3. The Bertz CT molecular complexity index is 608. The number of aliphatic imine (C=N–C) groups is 1. The molecular weight excluding hydrogens is 446 g/mol. The van der Waals surface area contributed by atoms with E-state index in [1.807, 2.05) is 18.9 Å². The van der Waals surface area contributed by atoms with Crippen LogP contribution in [0.2, 0.25) is 0 Å². The van der Waals surface area contributed by atoms with Crippen LogP contribution in [0.4, 0.5) is 4.39 Å². The first kappa shape index (κ1) is 23.1. The molecule has 9 heteroatoms. The van der Waals surface area contributed by atoms with Crippen molar-refractivity contribution < 1.29 is 12.8 Å². The summed E-state index contributed by atoms with van der Waals surface area (Å²) in [7, 11) is -1.25. The van der Waals surface area contributed by atoms with E-state index in [-0.39, 0.29) is 29.8 Å². The van der Waals surface area contributed by atoms with Crippen LogP contribution in [0.25, 0.3) is 0 Å². The number of hydrogen-bond acceptors (Lipinski definition) is 3. The predicted octanol–water partition coefficient (Wildman–Crippen LogP) is 1.78.